The van der Waals surface area contributed by atoms with Crippen molar-refractivity contribution in [3.05, 3.63) is 60.2 Å². The smallest absolute Gasteiger partial charge is 0.134 e. The molecule has 19 heavy (non-hydrogen) atoms. The van der Waals surface area contributed by atoms with Crippen molar-refractivity contribution >= 4 is 11.0 Å². The number of nitrogens with one attached hydrogen (secondary N) is 1. The molecular weight excluding hydrogens is 238 g/mol. The molecule has 0 amide bonds. The maximum Gasteiger partial charge on any atom is 0.134 e. The third-order valence-electron chi connectivity index (χ3n) is 3.19. The van der Waals surface area contributed by atoms with Crippen molar-refractivity contribution in [3.63, 3.8) is 0 Å². The van der Waals surface area contributed by atoms with Gasteiger partial charge in [-0.3, -0.25) is 0 Å². The fourth-order valence-electron chi connectivity index (χ4n) is 2.20. The normalized spacial score (nSPS) is 12.9. The van der Waals surface area contributed by atoms with E-state index in [1.165, 1.54) is 0 Å². The number of rotatable bonds is 5. The lowest BCUT2D eigenvalue weighted by molar-refractivity contribution is 0.435. The molecule has 0 aliphatic heterocycles. The lowest BCUT2D eigenvalue weighted by atomic mass is 10.2. The predicted octanol–water partition coefficient (Wildman–Crippen LogP) is 3.75. The molecular formula is C16H17NO2. The zero-order valence-corrected chi connectivity index (χ0v) is 10.9. The predicted molar refractivity (Wildman–Crippen MR) is 74.9 cm³/mol. The molecule has 2 heterocycles. The summed E-state index contributed by atoms with van der Waals surface area (Å²) in [4.78, 5) is 0. The highest BCUT2D eigenvalue weighted by molar-refractivity contribution is 5.77. The van der Waals surface area contributed by atoms with E-state index in [-0.39, 0.29) is 0 Å². The van der Waals surface area contributed by atoms with Gasteiger partial charge in [0.2, 0.25) is 0 Å². The minimum absolute atomic E-state index is 0.347. The molecule has 0 saturated carbocycles. The van der Waals surface area contributed by atoms with E-state index in [0.717, 1.165) is 35.5 Å². The minimum Gasteiger partial charge on any atom is -0.469 e. The van der Waals surface area contributed by atoms with Crippen LogP contribution in [0.4, 0.5) is 0 Å². The Bertz CT molecular complexity index is 607. The molecule has 0 radical (unpaired) electrons. The summed E-state index contributed by atoms with van der Waals surface area (Å²) >= 11 is 0. The average molecular weight is 255 g/mol. The number of furan rings is 2. The molecule has 0 bridgehead atoms. The molecule has 0 saturated heterocycles. The van der Waals surface area contributed by atoms with E-state index < -0.39 is 0 Å². The van der Waals surface area contributed by atoms with Crippen LogP contribution in [0.25, 0.3) is 11.0 Å². The van der Waals surface area contributed by atoms with E-state index in [0.29, 0.717) is 6.04 Å². The van der Waals surface area contributed by atoms with Gasteiger partial charge in [-0.25, -0.2) is 0 Å². The molecule has 1 unspecified atom stereocenters. The van der Waals surface area contributed by atoms with Gasteiger partial charge >= 0.3 is 0 Å². The first kappa shape index (κ1) is 12.1. The van der Waals surface area contributed by atoms with Crippen molar-refractivity contribution in [2.24, 2.45) is 0 Å². The highest BCUT2D eigenvalue weighted by Crippen LogP contribution is 2.18. The maximum absolute atomic E-state index is 5.77. The molecule has 0 fully saturated rings. The number of fused-ring (bicyclic) bond motifs is 1. The molecule has 3 heteroatoms. The third kappa shape index (κ3) is 2.88. The molecule has 3 rings (SSSR count). The first-order valence-corrected chi connectivity index (χ1v) is 6.54. The first-order valence-electron chi connectivity index (χ1n) is 6.54. The number of hydrogen-bond acceptors (Lipinski definition) is 3. The van der Waals surface area contributed by atoms with Gasteiger partial charge in [0, 0.05) is 17.8 Å². The highest BCUT2D eigenvalue weighted by Gasteiger charge is 2.07. The molecule has 1 aromatic carbocycles. The van der Waals surface area contributed by atoms with E-state index in [1.807, 2.05) is 30.3 Å². The minimum atomic E-state index is 0.347. The van der Waals surface area contributed by atoms with Gasteiger partial charge in [-0.1, -0.05) is 18.2 Å². The van der Waals surface area contributed by atoms with Crippen LogP contribution in [0.5, 0.6) is 0 Å². The summed E-state index contributed by atoms with van der Waals surface area (Å²) in [5, 5.41) is 4.60. The molecule has 1 N–H and O–H groups in total. The van der Waals surface area contributed by atoms with E-state index >= 15 is 0 Å². The van der Waals surface area contributed by atoms with Crippen molar-refractivity contribution in [1.82, 2.24) is 5.32 Å². The van der Waals surface area contributed by atoms with Gasteiger partial charge in [0.15, 0.2) is 0 Å². The number of benzene rings is 1. The van der Waals surface area contributed by atoms with Gasteiger partial charge in [-0.05, 0) is 31.2 Å². The zero-order chi connectivity index (χ0) is 13.1. The second kappa shape index (κ2) is 5.33. The van der Waals surface area contributed by atoms with Gasteiger partial charge in [0.05, 0.1) is 12.8 Å². The largest absolute Gasteiger partial charge is 0.469 e. The lowest BCUT2D eigenvalue weighted by Crippen LogP contribution is -2.27. The third-order valence-corrected chi connectivity index (χ3v) is 3.19. The topological polar surface area (TPSA) is 38.3 Å². The number of para-hydroxylation sites is 1. The summed E-state index contributed by atoms with van der Waals surface area (Å²) in [5.41, 5.74) is 0.943. The molecule has 98 valence electrons. The molecule has 0 aliphatic carbocycles. The highest BCUT2D eigenvalue weighted by atomic mass is 16.3. The van der Waals surface area contributed by atoms with Crippen LogP contribution in [0.15, 0.2) is 57.6 Å². The average Bonchev–Trinajstić information content (AvgIpc) is 3.04. The summed E-state index contributed by atoms with van der Waals surface area (Å²) in [6.07, 6.45) is 2.59. The van der Waals surface area contributed by atoms with Crippen LogP contribution >= 0.6 is 0 Å². The van der Waals surface area contributed by atoms with Gasteiger partial charge in [-0.2, -0.15) is 0 Å². The maximum atomic E-state index is 5.77. The summed E-state index contributed by atoms with van der Waals surface area (Å²) in [6, 6.07) is 14.4. The Morgan fingerprint density at radius 1 is 1.11 bits per heavy atom. The SMILES string of the molecule is CC(Cc1ccco1)NCc1cc2ccccc2o1. The van der Waals surface area contributed by atoms with Crippen LogP contribution < -0.4 is 5.32 Å². The second-order valence-electron chi connectivity index (χ2n) is 4.82. The molecule has 3 nitrogen and oxygen atoms in total. The van der Waals surface area contributed by atoms with Crippen molar-refractivity contribution in [2.45, 2.75) is 25.9 Å². The van der Waals surface area contributed by atoms with Gasteiger partial charge in [0.1, 0.15) is 17.1 Å². The monoisotopic (exact) mass is 255 g/mol. The van der Waals surface area contributed by atoms with E-state index in [2.05, 4.69) is 24.4 Å². The fourth-order valence-corrected chi connectivity index (χ4v) is 2.20. The van der Waals surface area contributed by atoms with Crippen molar-refractivity contribution < 1.29 is 8.83 Å². The van der Waals surface area contributed by atoms with Crippen LogP contribution in [0.2, 0.25) is 0 Å². The molecule has 1 atom stereocenters. The van der Waals surface area contributed by atoms with Crippen molar-refractivity contribution in [3.8, 4) is 0 Å². The first-order chi connectivity index (χ1) is 9.31. The Labute approximate surface area is 112 Å². The Morgan fingerprint density at radius 3 is 2.79 bits per heavy atom. The summed E-state index contributed by atoms with van der Waals surface area (Å²) in [5.74, 6) is 1.97. The van der Waals surface area contributed by atoms with Crippen molar-refractivity contribution in [1.29, 1.82) is 0 Å². The quantitative estimate of drug-likeness (QED) is 0.754. The molecule has 3 aromatic rings. The van der Waals surface area contributed by atoms with Gasteiger partial charge in [0.25, 0.3) is 0 Å². The van der Waals surface area contributed by atoms with E-state index in [4.69, 9.17) is 8.83 Å². The summed E-state index contributed by atoms with van der Waals surface area (Å²) < 4.78 is 11.1. The van der Waals surface area contributed by atoms with E-state index in [1.54, 1.807) is 6.26 Å². The van der Waals surface area contributed by atoms with Crippen LogP contribution in [0.1, 0.15) is 18.4 Å². The fraction of sp³-hybridized carbons (Fsp3) is 0.250. The Hall–Kier alpha value is -2.00. The van der Waals surface area contributed by atoms with Crippen LogP contribution in [-0.4, -0.2) is 6.04 Å². The molecule has 0 spiro atoms. The Balaban J connectivity index is 1.59. The molecule has 0 aliphatic rings. The summed E-state index contributed by atoms with van der Waals surface area (Å²) in [7, 11) is 0. The zero-order valence-electron chi connectivity index (χ0n) is 10.9. The van der Waals surface area contributed by atoms with Crippen molar-refractivity contribution in [2.75, 3.05) is 0 Å². The Kier molecular flexibility index (Phi) is 3.38. The lowest BCUT2D eigenvalue weighted by Gasteiger charge is -2.10. The van der Waals surface area contributed by atoms with Crippen LogP contribution in [0.3, 0.4) is 0 Å². The van der Waals surface area contributed by atoms with E-state index in [9.17, 15) is 0 Å². The second-order valence-corrected chi connectivity index (χ2v) is 4.82. The number of hydrogen-bond donors (Lipinski definition) is 1. The summed E-state index contributed by atoms with van der Waals surface area (Å²) in [6.45, 7) is 2.88. The van der Waals surface area contributed by atoms with Gasteiger partial charge < -0.3 is 14.2 Å². The van der Waals surface area contributed by atoms with Crippen LogP contribution in [0, 0.1) is 0 Å². The standard InChI is InChI=1S/C16H17NO2/c1-12(9-14-6-4-8-18-14)17-11-15-10-13-5-2-3-7-16(13)19-15/h2-8,10,12,17H,9,11H2,1H3. The Morgan fingerprint density at radius 2 is 2.00 bits per heavy atom. The van der Waals surface area contributed by atoms with Crippen LogP contribution in [-0.2, 0) is 13.0 Å². The van der Waals surface area contributed by atoms with Gasteiger partial charge in [-0.15, -0.1) is 0 Å². The molecule has 2 aromatic heterocycles.